The Kier molecular flexibility index (Phi) is 4.42. The maximum absolute atomic E-state index is 9.94. The SMILES string of the molecule is Cc1ccc2oc(-c3cccc(N=Cc4cc(Cl)ccc4O)c3C)nc2c1. The summed E-state index contributed by atoms with van der Waals surface area (Å²) in [6.45, 7) is 4.00. The highest BCUT2D eigenvalue weighted by atomic mass is 35.5. The van der Waals surface area contributed by atoms with Crippen molar-refractivity contribution in [2.45, 2.75) is 13.8 Å². The van der Waals surface area contributed by atoms with E-state index in [0.29, 0.717) is 16.5 Å². The molecule has 0 amide bonds. The van der Waals surface area contributed by atoms with Gasteiger partial charge in [0.25, 0.3) is 0 Å². The predicted molar refractivity (Wildman–Crippen MR) is 109 cm³/mol. The highest BCUT2D eigenvalue weighted by Gasteiger charge is 2.12. The van der Waals surface area contributed by atoms with Gasteiger partial charge < -0.3 is 9.52 Å². The van der Waals surface area contributed by atoms with Gasteiger partial charge in [0.2, 0.25) is 5.89 Å². The first-order valence-corrected chi connectivity index (χ1v) is 8.89. The van der Waals surface area contributed by atoms with Crippen LogP contribution in [-0.2, 0) is 0 Å². The fourth-order valence-electron chi connectivity index (χ4n) is 2.92. The second kappa shape index (κ2) is 6.89. The lowest BCUT2D eigenvalue weighted by Crippen LogP contribution is -1.86. The topological polar surface area (TPSA) is 58.6 Å². The van der Waals surface area contributed by atoms with E-state index in [2.05, 4.69) is 9.98 Å². The van der Waals surface area contributed by atoms with Crippen LogP contribution in [0.25, 0.3) is 22.6 Å². The molecule has 5 heteroatoms. The van der Waals surface area contributed by atoms with Crippen molar-refractivity contribution in [2.24, 2.45) is 4.99 Å². The van der Waals surface area contributed by atoms with Gasteiger partial charge in [-0.05, 0) is 67.4 Å². The Labute approximate surface area is 161 Å². The van der Waals surface area contributed by atoms with E-state index in [4.69, 9.17) is 16.0 Å². The highest BCUT2D eigenvalue weighted by Crippen LogP contribution is 2.32. The Balaban J connectivity index is 1.74. The van der Waals surface area contributed by atoms with Gasteiger partial charge >= 0.3 is 0 Å². The van der Waals surface area contributed by atoms with Crippen molar-refractivity contribution in [1.29, 1.82) is 0 Å². The lowest BCUT2D eigenvalue weighted by molar-refractivity contribution is 0.474. The number of aromatic hydroxyl groups is 1. The molecule has 0 saturated heterocycles. The Bertz CT molecular complexity index is 1180. The zero-order chi connectivity index (χ0) is 19.0. The molecule has 1 aromatic heterocycles. The van der Waals surface area contributed by atoms with Crippen molar-refractivity contribution in [3.63, 3.8) is 0 Å². The molecule has 134 valence electrons. The molecule has 0 saturated carbocycles. The number of halogens is 1. The van der Waals surface area contributed by atoms with E-state index in [9.17, 15) is 5.11 Å². The third-order valence-electron chi connectivity index (χ3n) is 4.41. The number of phenols is 1. The molecule has 0 spiro atoms. The Hall–Kier alpha value is -3.11. The summed E-state index contributed by atoms with van der Waals surface area (Å²) in [6.07, 6.45) is 1.60. The summed E-state index contributed by atoms with van der Waals surface area (Å²) in [5, 5.41) is 10.5. The van der Waals surface area contributed by atoms with Crippen molar-refractivity contribution in [2.75, 3.05) is 0 Å². The zero-order valence-corrected chi connectivity index (χ0v) is 15.7. The standard InChI is InChI=1S/C22H17ClN2O2/c1-13-6-9-21-19(10-13)25-22(27-21)17-4-3-5-18(14(17)2)24-12-15-11-16(23)7-8-20(15)26/h3-12,26H,1-2H3. The van der Waals surface area contributed by atoms with E-state index in [1.54, 1.807) is 24.4 Å². The number of aryl methyl sites for hydroxylation is 1. The number of aromatic nitrogens is 1. The Morgan fingerprint density at radius 1 is 1.07 bits per heavy atom. The van der Waals surface area contributed by atoms with Crippen LogP contribution in [0.2, 0.25) is 5.02 Å². The summed E-state index contributed by atoms with van der Waals surface area (Å²) in [5.41, 5.74) is 5.89. The van der Waals surface area contributed by atoms with Gasteiger partial charge in [0, 0.05) is 22.4 Å². The first-order chi connectivity index (χ1) is 13.0. The van der Waals surface area contributed by atoms with Gasteiger partial charge in [0.15, 0.2) is 5.58 Å². The average Bonchev–Trinajstić information content (AvgIpc) is 3.06. The van der Waals surface area contributed by atoms with Gasteiger partial charge in [-0.25, -0.2) is 4.98 Å². The van der Waals surface area contributed by atoms with Gasteiger partial charge in [-0.2, -0.15) is 0 Å². The number of hydrogen-bond acceptors (Lipinski definition) is 4. The van der Waals surface area contributed by atoms with E-state index in [1.165, 1.54) is 0 Å². The highest BCUT2D eigenvalue weighted by molar-refractivity contribution is 6.30. The summed E-state index contributed by atoms with van der Waals surface area (Å²) in [6, 6.07) is 16.6. The number of fused-ring (bicyclic) bond motifs is 1. The van der Waals surface area contributed by atoms with Gasteiger partial charge in [-0.3, -0.25) is 4.99 Å². The molecule has 1 heterocycles. The molecule has 4 rings (SSSR count). The lowest BCUT2D eigenvalue weighted by Gasteiger charge is -2.05. The number of hydrogen-bond donors (Lipinski definition) is 1. The van der Waals surface area contributed by atoms with Crippen molar-refractivity contribution in [3.8, 4) is 17.2 Å². The molecule has 0 radical (unpaired) electrons. The fourth-order valence-corrected chi connectivity index (χ4v) is 3.10. The minimum absolute atomic E-state index is 0.131. The van der Waals surface area contributed by atoms with Crippen molar-refractivity contribution >= 4 is 34.6 Å². The Morgan fingerprint density at radius 2 is 1.93 bits per heavy atom. The van der Waals surface area contributed by atoms with E-state index >= 15 is 0 Å². The van der Waals surface area contributed by atoms with E-state index in [1.807, 2.05) is 50.2 Å². The normalized spacial score (nSPS) is 11.5. The van der Waals surface area contributed by atoms with Gasteiger partial charge in [0.05, 0.1) is 5.69 Å². The van der Waals surface area contributed by atoms with Crippen LogP contribution in [0.1, 0.15) is 16.7 Å². The largest absolute Gasteiger partial charge is 0.507 e. The number of nitrogens with zero attached hydrogens (tertiary/aromatic N) is 2. The van der Waals surface area contributed by atoms with Crippen LogP contribution in [0.5, 0.6) is 5.75 Å². The van der Waals surface area contributed by atoms with Crippen LogP contribution in [0.3, 0.4) is 0 Å². The quantitative estimate of drug-likeness (QED) is 0.432. The van der Waals surface area contributed by atoms with Crippen LogP contribution in [0.15, 0.2) is 64.0 Å². The number of benzene rings is 3. The molecule has 27 heavy (non-hydrogen) atoms. The minimum Gasteiger partial charge on any atom is -0.507 e. The fraction of sp³-hybridized carbons (Fsp3) is 0.0909. The van der Waals surface area contributed by atoms with Crippen LogP contribution in [0.4, 0.5) is 5.69 Å². The van der Waals surface area contributed by atoms with Crippen molar-refractivity contribution in [3.05, 3.63) is 76.3 Å². The van der Waals surface area contributed by atoms with E-state index in [-0.39, 0.29) is 5.75 Å². The lowest BCUT2D eigenvalue weighted by atomic mass is 10.1. The summed E-state index contributed by atoms with van der Waals surface area (Å²) in [7, 11) is 0. The molecular formula is C22H17ClN2O2. The van der Waals surface area contributed by atoms with Gasteiger partial charge in [-0.15, -0.1) is 0 Å². The molecule has 0 aliphatic carbocycles. The van der Waals surface area contributed by atoms with Crippen LogP contribution >= 0.6 is 11.6 Å². The first-order valence-electron chi connectivity index (χ1n) is 8.51. The van der Waals surface area contributed by atoms with Crippen molar-refractivity contribution in [1.82, 2.24) is 4.98 Å². The average molecular weight is 377 g/mol. The van der Waals surface area contributed by atoms with Crippen LogP contribution < -0.4 is 0 Å². The summed E-state index contributed by atoms with van der Waals surface area (Å²) >= 11 is 5.99. The molecule has 0 atom stereocenters. The van der Waals surface area contributed by atoms with Gasteiger partial charge in [-0.1, -0.05) is 23.7 Å². The summed E-state index contributed by atoms with van der Waals surface area (Å²) < 4.78 is 5.92. The molecule has 4 nitrogen and oxygen atoms in total. The predicted octanol–water partition coefficient (Wildman–Crippen LogP) is 6.22. The zero-order valence-electron chi connectivity index (χ0n) is 14.9. The monoisotopic (exact) mass is 376 g/mol. The second-order valence-corrected chi connectivity index (χ2v) is 6.84. The maximum atomic E-state index is 9.94. The van der Waals surface area contributed by atoms with Crippen LogP contribution in [0, 0.1) is 13.8 Å². The summed E-state index contributed by atoms with van der Waals surface area (Å²) in [5.74, 6) is 0.696. The number of phenolic OH excluding ortho intramolecular Hbond substituents is 1. The molecule has 0 unspecified atom stereocenters. The number of rotatable bonds is 3. The molecule has 0 fully saturated rings. The molecule has 4 aromatic rings. The molecule has 0 aliphatic heterocycles. The van der Waals surface area contributed by atoms with Gasteiger partial charge in [0.1, 0.15) is 11.3 Å². The second-order valence-electron chi connectivity index (χ2n) is 6.40. The Morgan fingerprint density at radius 3 is 2.78 bits per heavy atom. The summed E-state index contributed by atoms with van der Waals surface area (Å²) in [4.78, 5) is 9.13. The molecule has 1 N–H and O–H groups in total. The molecular weight excluding hydrogens is 360 g/mol. The van der Waals surface area contributed by atoms with E-state index < -0.39 is 0 Å². The first kappa shape index (κ1) is 17.3. The third kappa shape index (κ3) is 3.44. The number of oxazole rings is 1. The maximum Gasteiger partial charge on any atom is 0.227 e. The van der Waals surface area contributed by atoms with E-state index in [0.717, 1.165) is 33.5 Å². The third-order valence-corrected chi connectivity index (χ3v) is 4.65. The smallest absolute Gasteiger partial charge is 0.227 e. The number of aliphatic imine (C=N–C) groups is 1. The minimum atomic E-state index is 0.131. The van der Waals surface area contributed by atoms with Crippen molar-refractivity contribution < 1.29 is 9.52 Å². The molecule has 0 aliphatic rings. The van der Waals surface area contributed by atoms with Crippen LogP contribution in [-0.4, -0.2) is 16.3 Å². The molecule has 0 bridgehead atoms. The molecule has 3 aromatic carbocycles.